The first-order chi connectivity index (χ1) is 17.9. The van der Waals surface area contributed by atoms with Gasteiger partial charge in [-0.1, -0.05) is 11.6 Å². The summed E-state index contributed by atoms with van der Waals surface area (Å²) in [7, 11) is 1.57. The number of ether oxygens (including phenoxy) is 1. The van der Waals surface area contributed by atoms with Gasteiger partial charge in [0.15, 0.2) is 0 Å². The van der Waals surface area contributed by atoms with Gasteiger partial charge in [0.1, 0.15) is 23.1 Å². The van der Waals surface area contributed by atoms with Crippen LogP contribution in [0.5, 0.6) is 11.5 Å². The zero-order valence-corrected chi connectivity index (χ0v) is 22.3. The SMILES string of the molecule is C[C@@H](C(=O)Nc1ccc(Oc2ccc(F)cc2)cn1)N1CCN(C(=O)c2cn(C)c(=O)cc2Cl)C(C)(C)C1. The Hall–Kier alpha value is -3.76. The van der Waals surface area contributed by atoms with Crippen LogP contribution in [-0.4, -0.2) is 62.4 Å². The zero-order valence-electron chi connectivity index (χ0n) is 21.6. The molecule has 1 fully saturated rings. The molecule has 4 rings (SSSR count). The number of carbonyl (C=O) groups is 2. The number of pyridine rings is 2. The van der Waals surface area contributed by atoms with Crippen LogP contribution in [0.4, 0.5) is 10.2 Å². The van der Waals surface area contributed by atoms with Gasteiger partial charge in [0, 0.05) is 38.9 Å². The van der Waals surface area contributed by atoms with Gasteiger partial charge in [-0.2, -0.15) is 0 Å². The summed E-state index contributed by atoms with van der Waals surface area (Å²) in [4.78, 5) is 46.1. The maximum atomic E-state index is 13.3. The number of halogens is 2. The number of nitrogens with one attached hydrogen (secondary N) is 1. The normalized spacial score (nSPS) is 16.1. The predicted molar refractivity (Wildman–Crippen MR) is 142 cm³/mol. The third-order valence-corrected chi connectivity index (χ3v) is 6.86. The van der Waals surface area contributed by atoms with Crippen molar-refractivity contribution in [3.63, 3.8) is 0 Å². The lowest BCUT2D eigenvalue weighted by molar-refractivity contribution is -0.122. The van der Waals surface area contributed by atoms with Crippen LogP contribution in [0.15, 0.2) is 59.7 Å². The van der Waals surface area contributed by atoms with Crippen molar-refractivity contribution in [3.8, 4) is 11.5 Å². The second kappa shape index (κ2) is 10.9. The number of rotatable bonds is 6. The van der Waals surface area contributed by atoms with E-state index in [9.17, 15) is 18.8 Å². The van der Waals surface area contributed by atoms with Crippen molar-refractivity contribution in [2.24, 2.45) is 7.05 Å². The molecule has 1 aliphatic heterocycles. The van der Waals surface area contributed by atoms with Crippen LogP contribution < -0.4 is 15.6 Å². The quantitative estimate of drug-likeness (QED) is 0.508. The van der Waals surface area contributed by atoms with E-state index in [0.717, 1.165) is 0 Å². The van der Waals surface area contributed by atoms with Crippen LogP contribution in [0.3, 0.4) is 0 Å². The van der Waals surface area contributed by atoms with Crippen LogP contribution in [0.25, 0.3) is 0 Å². The second-order valence-corrected chi connectivity index (χ2v) is 10.2. The molecule has 0 saturated carbocycles. The number of aryl methyl sites for hydroxylation is 1. The molecule has 0 spiro atoms. The first-order valence-electron chi connectivity index (χ1n) is 12.1. The maximum absolute atomic E-state index is 13.3. The Balaban J connectivity index is 1.37. The summed E-state index contributed by atoms with van der Waals surface area (Å²) in [5.41, 5.74) is -0.626. The molecule has 0 bridgehead atoms. The number of aromatic nitrogens is 2. The minimum absolute atomic E-state index is 0.116. The van der Waals surface area contributed by atoms with E-state index in [4.69, 9.17) is 16.3 Å². The molecule has 3 heterocycles. The summed E-state index contributed by atoms with van der Waals surface area (Å²) in [5, 5.41) is 2.93. The Morgan fingerprint density at radius 3 is 2.45 bits per heavy atom. The van der Waals surface area contributed by atoms with E-state index in [1.807, 2.05) is 18.7 Å². The fraction of sp³-hybridized carbons (Fsp3) is 0.333. The molecule has 1 atom stereocenters. The summed E-state index contributed by atoms with van der Waals surface area (Å²) in [6.07, 6.45) is 2.93. The van der Waals surface area contributed by atoms with Gasteiger partial charge in [0.25, 0.3) is 11.5 Å². The number of hydrogen-bond donors (Lipinski definition) is 1. The Labute approximate surface area is 224 Å². The highest BCUT2D eigenvalue weighted by Crippen LogP contribution is 2.27. The summed E-state index contributed by atoms with van der Waals surface area (Å²) in [5.74, 6) is 0.431. The van der Waals surface area contributed by atoms with Crippen LogP contribution >= 0.6 is 11.6 Å². The van der Waals surface area contributed by atoms with E-state index in [1.54, 1.807) is 31.0 Å². The summed E-state index contributed by atoms with van der Waals surface area (Å²) >= 11 is 6.21. The fourth-order valence-electron chi connectivity index (χ4n) is 4.36. The number of benzene rings is 1. The number of nitrogens with zero attached hydrogens (tertiary/aromatic N) is 4. The minimum atomic E-state index is -0.598. The highest BCUT2D eigenvalue weighted by molar-refractivity contribution is 6.33. The van der Waals surface area contributed by atoms with Crippen LogP contribution in [0, 0.1) is 5.82 Å². The van der Waals surface area contributed by atoms with E-state index in [-0.39, 0.29) is 33.8 Å². The number of amides is 2. The van der Waals surface area contributed by atoms with Crippen molar-refractivity contribution in [3.05, 3.63) is 81.6 Å². The fourth-order valence-corrected chi connectivity index (χ4v) is 4.58. The monoisotopic (exact) mass is 541 g/mol. The molecule has 38 heavy (non-hydrogen) atoms. The Morgan fingerprint density at radius 1 is 1.13 bits per heavy atom. The van der Waals surface area contributed by atoms with E-state index < -0.39 is 11.6 Å². The molecule has 0 radical (unpaired) electrons. The van der Waals surface area contributed by atoms with Gasteiger partial charge < -0.3 is 19.5 Å². The van der Waals surface area contributed by atoms with E-state index in [0.29, 0.717) is 37.0 Å². The van der Waals surface area contributed by atoms with Gasteiger partial charge in [-0.05, 0) is 57.2 Å². The molecule has 2 amide bonds. The van der Waals surface area contributed by atoms with E-state index >= 15 is 0 Å². The maximum Gasteiger partial charge on any atom is 0.257 e. The predicted octanol–water partition coefficient (Wildman–Crippen LogP) is 3.93. The van der Waals surface area contributed by atoms with Crippen molar-refractivity contribution in [1.29, 1.82) is 0 Å². The molecule has 11 heteroatoms. The summed E-state index contributed by atoms with van der Waals surface area (Å²) in [6, 6.07) is 9.67. The van der Waals surface area contributed by atoms with E-state index in [1.165, 1.54) is 47.3 Å². The Bertz CT molecular complexity index is 1390. The zero-order chi connectivity index (χ0) is 27.6. The topological polar surface area (TPSA) is 96.8 Å². The van der Waals surface area contributed by atoms with Gasteiger partial charge in [-0.15, -0.1) is 0 Å². The standard InChI is InChI=1S/C27H29ClFN5O4/c1-17(25(36)31-23-10-9-20(14-30-23)38-19-7-5-18(29)6-8-19)33-11-12-34(27(2,3)16-33)26(37)21-15-32(4)24(35)13-22(21)28/h5-10,13-15,17H,11-12,16H2,1-4H3,(H,30,31,36)/t17-/m0/s1. The number of piperazine rings is 1. The van der Waals surface area contributed by atoms with Crippen LogP contribution in [0.2, 0.25) is 5.02 Å². The molecule has 0 aliphatic carbocycles. The smallest absolute Gasteiger partial charge is 0.257 e. The van der Waals surface area contributed by atoms with Gasteiger partial charge >= 0.3 is 0 Å². The van der Waals surface area contributed by atoms with Crippen molar-refractivity contribution < 1.29 is 18.7 Å². The van der Waals surface area contributed by atoms with Gasteiger partial charge in [-0.25, -0.2) is 9.37 Å². The lowest BCUT2D eigenvalue weighted by Crippen LogP contribution is -2.63. The first kappa shape index (κ1) is 27.3. The Morgan fingerprint density at radius 2 is 1.82 bits per heavy atom. The molecule has 9 nitrogen and oxygen atoms in total. The van der Waals surface area contributed by atoms with Crippen LogP contribution in [0.1, 0.15) is 31.1 Å². The highest BCUT2D eigenvalue weighted by Gasteiger charge is 2.40. The van der Waals surface area contributed by atoms with Crippen molar-refractivity contribution >= 4 is 29.2 Å². The lowest BCUT2D eigenvalue weighted by atomic mass is 9.96. The molecule has 1 aliphatic rings. The second-order valence-electron chi connectivity index (χ2n) is 9.82. The van der Waals surface area contributed by atoms with Gasteiger partial charge in [-0.3, -0.25) is 19.3 Å². The van der Waals surface area contributed by atoms with Crippen molar-refractivity contribution in [2.75, 3.05) is 25.0 Å². The number of hydrogen-bond acceptors (Lipinski definition) is 6. The molecule has 1 aromatic carbocycles. The van der Waals surface area contributed by atoms with E-state index in [2.05, 4.69) is 10.3 Å². The lowest BCUT2D eigenvalue weighted by Gasteiger charge is -2.48. The molecule has 2 aromatic heterocycles. The van der Waals surface area contributed by atoms with Gasteiger partial charge in [0.05, 0.1) is 28.4 Å². The number of anilines is 1. The largest absolute Gasteiger partial charge is 0.456 e. The highest BCUT2D eigenvalue weighted by atomic mass is 35.5. The Kier molecular flexibility index (Phi) is 7.84. The molecular weight excluding hydrogens is 513 g/mol. The van der Waals surface area contributed by atoms with Crippen molar-refractivity contribution in [1.82, 2.24) is 19.4 Å². The third kappa shape index (κ3) is 6.03. The molecule has 1 saturated heterocycles. The average Bonchev–Trinajstić information content (AvgIpc) is 2.87. The van der Waals surface area contributed by atoms with Crippen LogP contribution in [-0.2, 0) is 11.8 Å². The van der Waals surface area contributed by atoms with Gasteiger partial charge in [0.2, 0.25) is 5.91 Å². The molecular formula is C27H29ClFN5O4. The molecule has 200 valence electrons. The molecule has 0 unspecified atom stereocenters. The third-order valence-electron chi connectivity index (χ3n) is 6.55. The minimum Gasteiger partial charge on any atom is -0.456 e. The number of carbonyl (C=O) groups excluding carboxylic acids is 2. The first-order valence-corrected chi connectivity index (χ1v) is 12.4. The summed E-state index contributed by atoms with van der Waals surface area (Å²) < 4.78 is 20.0. The van der Waals surface area contributed by atoms with Crippen molar-refractivity contribution in [2.45, 2.75) is 32.4 Å². The molecule has 3 aromatic rings. The average molecular weight is 542 g/mol. The molecule has 1 N–H and O–H groups in total. The summed E-state index contributed by atoms with van der Waals surface area (Å²) in [6.45, 7) is 6.98.